The number of hydrogen-bond acceptors (Lipinski definition) is 4. The number of amides is 1. The lowest BCUT2D eigenvalue weighted by atomic mass is 9.94. The molecular weight excluding hydrogens is 242 g/mol. The number of nitrogen functional groups attached to an aromatic ring is 1. The molecule has 1 aromatic carbocycles. The molecule has 1 unspecified atom stereocenters. The van der Waals surface area contributed by atoms with Crippen molar-refractivity contribution in [2.24, 2.45) is 0 Å². The van der Waals surface area contributed by atoms with Crippen LogP contribution < -0.4 is 16.4 Å². The topological polar surface area (TPSA) is 87.4 Å². The Bertz CT molecular complexity index is 448. The average molecular weight is 265 g/mol. The van der Waals surface area contributed by atoms with E-state index in [0.29, 0.717) is 17.7 Å². The molecule has 0 fully saturated rings. The van der Waals surface area contributed by atoms with Gasteiger partial charge in [0.05, 0.1) is 11.4 Å². The Balaban J connectivity index is 2.94. The molecule has 5 heteroatoms. The van der Waals surface area contributed by atoms with Gasteiger partial charge in [0.2, 0.25) is 0 Å². The second-order valence-electron chi connectivity index (χ2n) is 4.89. The molecule has 0 spiro atoms. The summed E-state index contributed by atoms with van der Waals surface area (Å²) in [4.78, 5) is 11.5. The maximum atomic E-state index is 11.5. The summed E-state index contributed by atoms with van der Waals surface area (Å²) in [5.41, 5.74) is 7.60. The number of carbonyl (C=O) groups is 1. The summed E-state index contributed by atoms with van der Waals surface area (Å²) in [5.74, 6) is -0.160. The second kappa shape index (κ2) is 6.43. The van der Waals surface area contributed by atoms with E-state index < -0.39 is 0 Å². The maximum Gasteiger partial charge on any atom is 0.251 e. The molecule has 1 rings (SSSR count). The van der Waals surface area contributed by atoms with E-state index in [9.17, 15) is 4.79 Å². The fourth-order valence-electron chi connectivity index (χ4n) is 1.86. The molecule has 0 radical (unpaired) electrons. The van der Waals surface area contributed by atoms with Crippen molar-refractivity contribution in [3.05, 3.63) is 23.8 Å². The van der Waals surface area contributed by atoms with Crippen LogP contribution in [0.3, 0.4) is 0 Å². The van der Waals surface area contributed by atoms with Gasteiger partial charge in [0.25, 0.3) is 5.91 Å². The van der Waals surface area contributed by atoms with Crippen molar-refractivity contribution in [3.63, 3.8) is 0 Å². The zero-order valence-electron chi connectivity index (χ0n) is 11.8. The Morgan fingerprint density at radius 1 is 1.47 bits per heavy atom. The Kier molecular flexibility index (Phi) is 5.18. The van der Waals surface area contributed by atoms with Crippen LogP contribution in [-0.2, 0) is 0 Å². The monoisotopic (exact) mass is 265 g/mol. The van der Waals surface area contributed by atoms with E-state index in [-0.39, 0.29) is 18.1 Å². The molecule has 0 aliphatic carbocycles. The molecule has 1 aromatic rings. The van der Waals surface area contributed by atoms with Gasteiger partial charge in [-0.1, -0.05) is 6.92 Å². The Hall–Kier alpha value is -1.75. The molecule has 0 aromatic heterocycles. The minimum Gasteiger partial charge on any atom is -0.397 e. The van der Waals surface area contributed by atoms with Crippen LogP contribution in [0.5, 0.6) is 0 Å². The Morgan fingerprint density at radius 3 is 2.63 bits per heavy atom. The largest absolute Gasteiger partial charge is 0.397 e. The van der Waals surface area contributed by atoms with Gasteiger partial charge in [-0.25, -0.2) is 0 Å². The van der Waals surface area contributed by atoms with Crippen LogP contribution in [0.15, 0.2) is 18.2 Å². The zero-order valence-corrected chi connectivity index (χ0v) is 11.8. The Morgan fingerprint density at radius 2 is 2.16 bits per heavy atom. The van der Waals surface area contributed by atoms with Gasteiger partial charge in [-0.05, 0) is 38.0 Å². The highest BCUT2D eigenvalue weighted by Crippen LogP contribution is 2.27. The first kappa shape index (κ1) is 15.3. The van der Waals surface area contributed by atoms with Gasteiger partial charge in [0.1, 0.15) is 0 Å². The number of anilines is 2. The highest BCUT2D eigenvalue weighted by atomic mass is 16.3. The SMILES string of the molecule is CCC(C)(CCO)Nc1ccc(C(=O)NC)cc1N. The normalized spacial score (nSPS) is 13.7. The number of hydrogen-bond donors (Lipinski definition) is 4. The first-order chi connectivity index (χ1) is 8.95. The molecule has 0 aliphatic rings. The zero-order chi connectivity index (χ0) is 14.5. The van der Waals surface area contributed by atoms with Crippen LogP contribution in [0.2, 0.25) is 0 Å². The fraction of sp³-hybridized carbons (Fsp3) is 0.500. The van der Waals surface area contributed by atoms with Crippen molar-refractivity contribution in [1.82, 2.24) is 5.32 Å². The summed E-state index contributed by atoms with van der Waals surface area (Å²) in [6.45, 7) is 4.21. The molecule has 1 atom stereocenters. The fourth-order valence-corrected chi connectivity index (χ4v) is 1.86. The number of nitrogens with one attached hydrogen (secondary N) is 2. The summed E-state index contributed by atoms with van der Waals surface area (Å²) < 4.78 is 0. The molecule has 0 saturated carbocycles. The van der Waals surface area contributed by atoms with Crippen LogP contribution >= 0.6 is 0 Å². The first-order valence-electron chi connectivity index (χ1n) is 6.46. The minimum absolute atomic E-state index is 0.119. The molecule has 19 heavy (non-hydrogen) atoms. The third kappa shape index (κ3) is 3.86. The second-order valence-corrected chi connectivity index (χ2v) is 4.89. The third-order valence-electron chi connectivity index (χ3n) is 3.42. The average Bonchev–Trinajstić information content (AvgIpc) is 2.40. The predicted octanol–water partition coefficient (Wildman–Crippen LogP) is 1.59. The van der Waals surface area contributed by atoms with Gasteiger partial charge in [-0.3, -0.25) is 4.79 Å². The molecule has 1 amide bonds. The molecule has 5 N–H and O–H groups in total. The first-order valence-corrected chi connectivity index (χ1v) is 6.46. The van der Waals surface area contributed by atoms with Crippen LogP contribution in [0.1, 0.15) is 37.0 Å². The number of aliphatic hydroxyl groups excluding tert-OH is 1. The van der Waals surface area contributed by atoms with Crippen LogP contribution in [0.25, 0.3) is 0 Å². The van der Waals surface area contributed by atoms with Crippen LogP contribution in [0, 0.1) is 0 Å². The number of nitrogens with two attached hydrogens (primary N) is 1. The minimum atomic E-state index is -0.211. The van der Waals surface area contributed by atoms with Crippen molar-refractivity contribution < 1.29 is 9.90 Å². The van der Waals surface area contributed by atoms with E-state index in [1.54, 1.807) is 25.2 Å². The lowest BCUT2D eigenvalue weighted by Crippen LogP contribution is -2.35. The van der Waals surface area contributed by atoms with Crippen molar-refractivity contribution in [2.75, 3.05) is 24.7 Å². The Labute approximate surface area is 114 Å². The molecule has 0 bridgehead atoms. The number of rotatable bonds is 6. The molecule has 0 heterocycles. The van der Waals surface area contributed by atoms with Gasteiger partial charge < -0.3 is 21.5 Å². The van der Waals surface area contributed by atoms with Gasteiger partial charge in [0, 0.05) is 24.8 Å². The standard InChI is InChI=1S/C14H23N3O2/c1-4-14(2,7-8-18)17-12-6-5-10(9-11(12)15)13(19)16-3/h5-6,9,17-18H,4,7-8,15H2,1-3H3,(H,16,19). The van der Waals surface area contributed by atoms with E-state index in [4.69, 9.17) is 10.8 Å². The van der Waals surface area contributed by atoms with Gasteiger partial charge in [-0.2, -0.15) is 0 Å². The summed E-state index contributed by atoms with van der Waals surface area (Å²) in [5, 5.41) is 15.0. The maximum absolute atomic E-state index is 11.5. The van der Waals surface area contributed by atoms with Crippen molar-refractivity contribution in [3.8, 4) is 0 Å². The third-order valence-corrected chi connectivity index (χ3v) is 3.42. The van der Waals surface area contributed by atoms with Crippen LogP contribution in [-0.4, -0.2) is 30.2 Å². The molecular formula is C14H23N3O2. The van der Waals surface area contributed by atoms with E-state index in [0.717, 1.165) is 12.1 Å². The molecule has 5 nitrogen and oxygen atoms in total. The highest BCUT2D eigenvalue weighted by molar-refractivity contribution is 5.95. The van der Waals surface area contributed by atoms with E-state index in [1.807, 2.05) is 6.92 Å². The van der Waals surface area contributed by atoms with Gasteiger partial charge in [-0.15, -0.1) is 0 Å². The smallest absolute Gasteiger partial charge is 0.251 e. The number of aliphatic hydroxyl groups is 1. The van der Waals surface area contributed by atoms with Crippen molar-refractivity contribution >= 4 is 17.3 Å². The van der Waals surface area contributed by atoms with Crippen molar-refractivity contribution in [2.45, 2.75) is 32.2 Å². The van der Waals surface area contributed by atoms with E-state index in [2.05, 4.69) is 17.6 Å². The molecule has 0 saturated heterocycles. The quantitative estimate of drug-likeness (QED) is 0.588. The van der Waals surface area contributed by atoms with Crippen molar-refractivity contribution in [1.29, 1.82) is 0 Å². The summed E-state index contributed by atoms with van der Waals surface area (Å²) in [6, 6.07) is 5.17. The summed E-state index contributed by atoms with van der Waals surface area (Å²) in [7, 11) is 1.58. The number of carbonyl (C=O) groups excluding carboxylic acids is 1. The lowest BCUT2D eigenvalue weighted by molar-refractivity contribution is 0.0963. The van der Waals surface area contributed by atoms with Gasteiger partial charge >= 0.3 is 0 Å². The van der Waals surface area contributed by atoms with E-state index in [1.165, 1.54) is 0 Å². The van der Waals surface area contributed by atoms with Crippen LogP contribution in [0.4, 0.5) is 11.4 Å². The summed E-state index contributed by atoms with van der Waals surface area (Å²) in [6.07, 6.45) is 1.50. The lowest BCUT2D eigenvalue weighted by Gasteiger charge is -2.31. The molecule has 106 valence electrons. The predicted molar refractivity (Wildman–Crippen MR) is 78.3 cm³/mol. The highest BCUT2D eigenvalue weighted by Gasteiger charge is 2.22. The van der Waals surface area contributed by atoms with E-state index >= 15 is 0 Å². The van der Waals surface area contributed by atoms with Gasteiger partial charge in [0.15, 0.2) is 0 Å². The summed E-state index contributed by atoms with van der Waals surface area (Å²) >= 11 is 0. The number of benzene rings is 1. The molecule has 0 aliphatic heterocycles.